The quantitative estimate of drug-likeness (QED) is 0.681. The minimum absolute atomic E-state index is 0.199. The van der Waals surface area contributed by atoms with Gasteiger partial charge >= 0.3 is 5.97 Å². The minimum atomic E-state index is -0.199. The van der Waals surface area contributed by atoms with Crippen LogP contribution in [-0.2, 0) is 24.1 Å². The fraction of sp³-hybridized carbons (Fsp3) is 0.375. The molecule has 0 spiro atoms. The Labute approximate surface area is 128 Å². The summed E-state index contributed by atoms with van der Waals surface area (Å²) in [5, 5.41) is 3.32. The number of aryl methyl sites for hydroxylation is 1. The largest absolute Gasteiger partial charge is 0.461 e. The number of thiophene rings is 1. The lowest BCUT2D eigenvalue weighted by molar-refractivity contribution is 0.0506. The van der Waals surface area contributed by atoms with E-state index in [0.717, 1.165) is 42.9 Å². The van der Waals surface area contributed by atoms with Gasteiger partial charge in [0, 0.05) is 23.3 Å². The van der Waals surface area contributed by atoms with Crippen molar-refractivity contribution in [3.63, 3.8) is 0 Å². The molecule has 21 heavy (non-hydrogen) atoms. The van der Waals surface area contributed by atoms with Crippen LogP contribution in [0.2, 0.25) is 0 Å². The molecule has 0 bridgehead atoms. The van der Waals surface area contributed by atoms with Crippen LogP contribution in [0.15, 0.2) is 30.5 Å². The van der Waals surface area contributed by atoms with E-state index >= 15 is 0 Å². The SMILES string of the molecule is O=C(OCCCc1ccccn1)c1cc2c(s1)CNCC2. The molecule has 2 aromatic rings. The van der Waals surface area contributed by atoms with Gasteiger partial charge < -0.3 is 10.1 Å². The van der Waals surface area contributed by atoms with Gasteiger partial charge in [-0.1, -0.05) is 6.07 Å². The topological polar surface area (TPSA) is 51.2 Å². The summed E-state index contributed by atoms with van der Waals surface area (Å²) in [6.45, 7) is 2.30. The number of fused-ring (bicyclic) bond motifs is 1. The number of pyridine rings is 1. The molecule has 0 fully saturated rings. The van der Waals surface area contributed by atoms with Crippen LogP contribution < -0.4 is 5.32 Å². The number of rotatable bonds is 5. The van der Waals surface area contributed by atoms with Gasteiger partial charge in [-0.05, 0) is 49.6 Å². The Morgan fingerprint density at radius 2 is 2.38 bits per heavy atom. The molecule has 1 aliphatic rings. The molecule has 5 heteroatoms. The first-order valence-corrected chi connectivity index (χ1v) is 8.04. The molecule has 1 aliphatic heterocycles. The van der Waals surface area contributed by atoms with Gasteiger partial charge in [0.2, 0.25) is 0 Å². The van der Waals surface area contributed by atoms with E-state index in [-0.39, 0.29) is 5.97 Å². The molecule has 2 aromatic heterocycles. The Morgan fingerprint density at radius 1 is 1.43 bits per heavy atom. The fourth-order valence-corrected chi connectivity index (χ4v) is 3.46. The summed E-state index contributed by atoms with van der Waals surface area (Å²) in [7, 11) is 0. The van der Waals surface area contributed by atoms with E-state index in [4.69, 9.17) is 4.74 Å². The Hall–Kier alpha value is -1.72. The number of hydrogen-bond donors (Lipinski definition) is 1. The van der Waals surface area contributed by atoms with Crippen LogP contribution in [0.5, 0.6) is 0 Å². The number of carbonyl (C=O) groups is 1. The summed E-state index contributed by atoms with van der Waals surface area (Å²) in [6, 6.07) is 7.85. The van der Waals surface area contributed by atoms with Gasteiger partial charge in [-0.15, -0.1) is 11.3 Å². The standard InChI is InChI=1S/C16H18N2O2S/c19-16(14-10-12-6-8-17-11-15(12)21-14)20-9-3-5-13-4-1-2-7-18-13/h1-2,4,7,10,17H,3,5-6,8-9,11H2. The van der Waals surface area contributed by atoms with Gasteiger partial charge in [0.05, 0.1) is 6.61 Å². The Morgan fingerprint density at radius 3 is 3.19 bits per heavy atom. The van der Waals surface area contributed by atoms with E-state index in [2.05, 4.69) is 10.3 Å². The molecule has 0 aliphatic carbocycles. The maximum atomic E-state index is 12.0. The first kappa shape index (κ1) is 14.2. The lowest BCUT2D eigenvalue weighted by Gasteiger charge is -2.10. The van der Waals surface area contributed by atoms with Gasteiger partial charge in [0.1, 0.15) is 4.88 Å². The van der Waals surface area contributed by atoms with Crippen molar-refractivity contribution in [2.75, 3.05) is 13.2 Å². The maximum absolute atomic E-state index is 12.0. The van der Waals surface area contributed by atoms with Crippen molar-refractivity contribution < 1.29 is 9.53 Å². The lowest BCUT2D eigenvalue weighted by atomic mass is 10.1. The Balaban J connectivity index is 1.47. The molecule has 0 radical (unpaired) electrons. The molecule has 110 valence electrons. The molecule has 0 amide bonds. The summed E-state index contributed by atoms with van der Waals surface area (Å²) in [6.07, 6.45) is 4.42. The second-order valence-electron chi connectivity index (χ2n) is 5.05. The van der Waals surface area contributed by atoms with Crippen molar-refractivity contribution in [2.24, 2.45) is 0 Å². The van der Waals surface area contributed by atoms with Crippen LogP contribution in [0.25, 0.3) is 0 Å². The Kier molecular flexibility index (Phi) is 4.62. The monoisotopic (exact) mass is 302 g/mol. The van der Waals surface area contributed by atoms with Gasteiger partial charge in [0.15, 0.2) is 0 Å². The number of hydrogen-bond acceptors (Lipinski definition) is 5. The highest BCUT2D eigenvalue weighted by Gasteiger charge is 2.17. The third kappa shape index (κ3) is 3.68. The molecule has 3 heterocycles. The van der Waals surface area contributed by atoms with Crippen molar-refractivity contribution >= 4 is 17.3 Å². The predicted octanol–water partition coefficient (Wildman–Crippen LogP) is 2.58. The molecule has 4 nitrogen and oxygen atoms in total. The van der Waals surface area contributed by atoms with Crippen LogP contribution in [0.1, 0.15) is 32.2 Å². The summed E-state index contributed by atoms with van der Waals surface area (Å²) in [5.41, 5.74) is 2.32. The first-order valence-electron chi connectivity index (χ1n) is 7.22. The average molecular weight is 302 g/mol. The number of nitrogens with one attached hydrogen (secondary N) is 1. The summed E-state index contributed by atoms with van der Waals surface area (Å²) >= 11 is 1.55. The number of nitrogens with zero attached hydrogens (tertiary/aromatic N) is 1. The van der Waals surface area contributed by atoms with Crippen LogP contribution in [0.4, 0.5) is 0 Å². The molecule has 0 atom stereocenters. The zero-order chi connectivity index (χ0) is 14.5. The van der Waals surface area contributed by atoms with Crippen molar-refractivity contribution in [1.29, 1.82) is 0 Å². The van der Waals surface area contributed by atoms with E-state index in [1.165, 1.54) is 10.4 Å². The zero-order valence-electron chi connectivity index (χ0n) is 11.8. The minimum Gasteiger partial charge on any atom is -0.461 e. The predicted molar refractivity (Wildman–Crippen MR) is 82.6 cm³/mol. The zero-order valence-corrected chi connectivity index (χ0v) is 12.6. The molecule has 0 aromatic carbocycles. The Bertz CT molecular complexity index is 586. The third-order valence-corrected chi connectivity index (χ3v) is 4.65. The third-order valence-electron chi connectivity index (χ3n) is 3.49. The van der Waals surface area contributed by atoms with Crippen LogP contribution in [0.3, 0.4) is 0 Å². The second-order valence-corrected chi connectivity index (χ2v) is 6.18. The van der Waals surface area contributed by atoms with E-state index in [1.54, 1.807) is 17.5 Å². The first-order chi connectivity index (χ1) is 10.3. The number of ether oxygens (including phenoxy) is 1. The van der Waals surface area contributed by atoms with Crippen LogP contribution in [0, 0.1) is 0 Å². The molecular weight excluding hydrogens is 284 g/mol. The van der Waals surface area contributed by atoms with Crippen molar-refractivity contribution in [1.82, 2.24) is 10.3 Å². The normalized spacial score (nSPS) is 13.7. The highest BCUT2D eigenvalue weighted by atomic mass is 32.1. The number of aromatic nitrogens is 1. The molecule has 0 saturated heterocycles. The summed E-state index contributed by atoms with van der Waals surface area (Å²) in [4.78, 5) is 18.3. The van der Waals surface area contributed by atoms with Crippen LogP contribution >= 0.6 is 11.3 Å². The second kappa shape index (κ2) is 6.83. The summed E-state index contributed by atoms with van der Waals surface area (Å²) in [5.74, 6) is -0.199. The van der Waals surface area contributed by atoms with E-state index < -0.39 is 0 Å². The summed E-state index contributed by atoms with van der Waals surface area (Å²) < 4.78 is 5.35. The van der Waals surface area contributed by atoms with Crippen LogP contribution in [-0.4, -0.2) is 24.1 Å². The van der Waals surface area contributed by atoms with Gasteiger partial charge in [-0.2, -0.15) is 0 Å². The maximum Gasteiger partial charge on any atom is 0.348 e. The molecule has 1 N–H and O–H groups in total. The smallest absolute Gasteiger partial charge is 0.348 e. The fourth-order valence-electron chi connectivity index (χ4n) is 2.39. The van der Waals surface area contributed by atoms with Crippen molar-refractivity contribution in [3.05, 3.63) is 51.5 Å². The number of esters is 1. The molecule has 0 unspecified atom stereocenters. The molecular formula is C16H18N2O2S. The van der Waals surface area contributed by atoms with E-state index in [1.807, 2.05) is 24.3 Å². The van der Waals surface area contributed by atoms with E-state index in [0.29, 0.717) is 6.61 Å². The average Bonchev–Trinajstić information content (AvgIpc) is 2.96. The molecule has 3 rings (SSSR count). The molecule has 0 saturated carbocycles. The van der Waals surface area contributed by atoms with E-state index in [9.17, 15) is 4.79 Å². The van der Waals surface area contributed by atoms with Gasteiger partial charge in [-0.3, -0.25) is 4.98 Å². The highest BCUT2D eigenvalue weighted by molar-refractivity contribution is 7.14. The van der Waals surface area contributed by atoms with Crippen molar-refractivity contribution in [3.8, 4) is 0 Å². The van der Waals surface area contributed by atoms with Gasteiger partial charge in [-0.25, -0.2) is 4.79 Å². The lowest BCUT2D eigenvalue weighted by Crippen LogP contribution is -2.21. The van der Waals surface area contributed by atoms with Gasteiger partial charge in [0.25, 0.3) is 0 Å². The van der Waals surface area contributed by atoms with Crippen molar-refractivity contribution in [2.45, 2.75) is 25.8 Å². The number of carbonyl (C=O) groups excluding carboxylic acids is 1. The highest BCUT2D eigenvalue weighted by Crippen LogP contribution is 2.25.